The van der Waals surface area contributed by atoms with E-state index in [1.807, 2.05) is 0 Å². The second kappa shape index (κ2) is 5.39. The van der Waals surface area contributed by atoms with E-state index in [1.54, 1.807) is 4.90 Å². The molecular formula is C18H19FN4O2S. The lowest BCUT2D eigenvalue weighted by atomic mass is 9.92. The fourth-order valence-corrected chi connectivity index (χ4v) is 4.84. The summed E-state index contributed by atoms with van der Waals surface area (Å²) in [6.45, 7) is 5.83. The molecule has 0 bridgehead atoms. The van der Waals surface area contributed by atoms with Crippen LogP contribution < -0.4 is 14.4 Å². The van der Waals surface area contributed by atoms with E-state index in [4.69, 9.17) is 4.74 Å². The third-order valence-corrected chi connectivity index (χ3v) is 6.00. The van der Waals surface area contributed by atoms with Gasteiger partial charge in [-0.25, -0.2) is 9.38 Å². The Kier molecular flexibility index (Phi) is 3.31. The average molecular weight is 374 g/mol. The summed E-state index contributed by atoms with van der Waals surface area (Å²) in [5.41, 5.74) is 1.91. The number of carbonyl (C=O) groups excluding carboxylic acids is 1. The predicted molar refractivity (Wildman–Crippen MR) is 95.4 cm³/mol. The van der Waals surface area contributed by atoms with Crippen LogP contribution in [0.4, 0.5) is 15.8 Å². The second-order valence-corrected chi connectivity index (χ2v) is 8.62. The molecule has 26 heavy (non-hydrogen) atoms. The zero-order chi connectivity index (χ0) is 18.1. The molecule has 0 N–H and O–H groups in total. The molecule has 0 atom stereocenters. The Morgan fingerprint density at radius 1 is 1.42 bits per heavy atom. The predicted octanol–water partition coefficient (Wildman–Crippen LogP) is 2.57. The maximum Gasteiger partial charge on any atom is 0.265 e. The van der Waals surface area contributed by atoms with Crippen LogP contribution in [0, 0.1) is 11.2 Å². The first-order valence-electron chi connectivity index (χ1n) is 8.82. The van der Waals surface area contributed by atoms with Gasteiger partial charge >= 0.3 is 0 Å². The van der Waals surface area contributed by atoms with Crippen LogP contribution in [0.15, 0.2) is 11.1 Å². The van der Waals surface area contributed by atoms with E-state index >= 15 is 0 Å². The van der Waals surface area contributed by atoms with Gasteiger partial charge in [0.2, 0.25) is 4.80 Å². The fraction of sp³-hybridized carbons (Fsp3) is 0.500. The number of hydrogen-bond acceptors (Lipinski definition) is 5. The Hall–Kier alpha value is -2.22. The summed E-state index contributed by atoms with van der Waals surface area (Å²) in [5, 5.41) is 0. The van der Waals surface area contributed by atoms with Crippen molar-refractivity contribution in [3.63, 3.8) is 0 Å². The standard InChI is InChI=1S/C18H19FN4O2S/c1-18(2)7-13-21-26-17(23(13)9-18)20-15-10-4-3-5-22-14(24)8-25-12(16(10)22)6-11(15)19/h6H,3-5,7-9H2,1-2H3/b20-17-. The van der Waals surface area contributed by atoms with Gasteiger partial charge in [0.05, 0.1) is 5.69 Å². The zero-order valence-corrected chi connectivity index (χ0v) is 15.5. The van der Waals surface area contributed by atoms with E-state index in [1.165, 1.54) is 17.6 Å². The number of amides is 1. The van der Waals surface area contributed by atoms with Gasteiger partial charge in [-0.15, -0.1) is 0 Å². The minimum absolute atomic E-state index is 0.0321. The van der Waals surface area contributed by atoms with Crippen molar-refractivity contribution in [1.82, 2.24) is 8.94 Å². The van der Waals surface area contributed by atoms with Crippen molar-refractivity contribution in [2.45, 2.75) is 39.7 Å². The maximum absolute atomic E-state index is 14.9. The quantitative estimate of drug-likeness (QED) is 0.771. The van der Waals surface area contributed by atoms with Gasteiger partial charge in [-0.05, 0) is 18.3 Å². The third kappa shape index (κ3) is 2.31. The van der Waals surface area contributed by atoms with Crippen LogP contribution in [-0.2, 0) is 24.2 Å². The molecule has 1 aromatic heterocycles. The van der Waals surface area contributed by atoms with E-state index < -0.39 is 5.82 Å². The number of benzene rings is 1. The highest BCUT2D eigenvalue weighted by atomic mass is 32.1. The molecule has 136 valence electrons. The van der Waals surface area contributed by atoms with Gasteiger partial charge in [-0.3, -0.25) is 4.79 Å². The van der Waals surface area contributed by atoms with Crippen molar-refractivity contribution in [3.05, 3.63) is 28.1 Å². The molecule has 3 aliphatic rings. The molecule has 2 aromatic rings. The molecule has 3 aliphatic heterocycles. The SMILES string of the molecule is CC1(C)Cc2ns/c(=N\c3c(F)cc4c5c3CCCN5C(=O)CO4)n2C1. The molecule has 4 heterocycles. The van der Waals surface area contributed by atoms with E-state index in [9.17, 15) is 9.18 Å². The highest BCUT2D eigenvalue weighted by molar-refractivity contribution is 7.02. The van der Waals surface area contributed by atoms with Crippen LogP contribution in [0.5, 0.6) is 5.75 Å². The molecule has 1 aromatic carbocycles. The van der Waals surface area contributed by atoms with Crippen LogP contribution >= 0.6 is 11.5 Å². The van der Waals surface area contributed by atoms with E-state index in [0.717, 1.165) is 30.8 Å². The summed E-state index contributed by atoms with van der Waals surface area (Å²) in [6.07, 6.45) is 2.38. The van der Waals surface area contributed by atoms with Gasteiger partial charge in [0.1, 0.15) is 17.3 Å². The van der Waals surface area contributed by atoms with Gasteiger partial charge in [-0.2, -0.15) is 4.37 Å². The van der Waals surface area contributed by atoms with Crippen molar-refractivity contribution in [3.8, 4) is 5.75 Å². The molecule has 0 spiro atoms. The normalized spacial score (nSPS) is 20.8. The number of halogens is 1. The number of carbonyl (C=O) groups is 1. The van der Waals surface area contributed by atoms with Gasteiger partial charge in [0.25, 0.3) is 5.91 Å². The van der Waals surface area contributed by atoms with Gasteiger partial charge in [0.15, 0.2) is 12.4 Å². The second-order valence-electron chi connectivity index (χ2n) is 7.89. The number of ether oxygens (including phenoxy) is 1. The van der Waals surface area contributed by atoms with Gasteiger partial charge in [-0.1, -0.05) is 13.8 Å². The number of anilines is 1. The van der Waals surface area contributed by atoms with Gasteiger partial charge < -0.3 is 14.2 Å². The van der Waals surface area contributed by atoms with E-state index in [-0.39, 0.29) is 17.9 Å². The first kappa shape index (κ1) is 16.0. The molecule has 0 radical (unpaired) electrons. The molecule has 5 rings (SSSR count). The lowest BCUT2D eigenvalue weighted by Crippen LogP contribution is -2.42. The van der Waals surface area contributed by atoms with Crippen molar-refractivity contribution in [2.75, 3.05) is 18.1 Å². The Bertz CT molecular complexity index is 1010. The highest BCUT2D eigenvalue weighted by Gasteiger charge is 2.34. The Labute approximate surface area is 154 Å². The molecule has 6 nitrogen and oxygen atoms in total. The Morgan fingerprint density at radius 3 is 3.12 bits per heavy atom. The van der Waals surface area contributed by atoms with Crippen LogP contribution in [0.1, 0.15) is 31.7 Å². The Morgan fingerprint density at radius 2 is 2.27 bits per heavy atom. The number of nitrogens with zero attached hydrogens (tertiary/aromatic N) is 4. The monoisotopic (exact) mass is 374 g/mol. The summed E-state index contributed by atoms with van der Waals surface area (Å²) in [6, 6.07) is 1.36. The largest absolute Gasteiger partial charge is 0.481 e. The third-order valence-electron chi connectivity index (χ3n) is 5.23. The minimum Gasteiger partial charge on any atom is -0.481 e. The minimum atomic E-state index is -0.407. The van der Waals surface area contributed by atoms with Crippen molar-refractivity contribution < 1.29 is 13.9 Å². The fourth-order valence-electron chi connectivity index (χ4n) is 4.09. The molecule has 8 heteroatoms. The number of hydrogen-bond donors (Lipinski definition) is 0. The highest BCUT2D eigenvalue weighted by Crippen LogP contribution is 2.45. The molecular weight excluding hydrogens is 355 g/mol. The summed E-state index contributed by atoms with van der Waals surface area (Å²) < 4.78 is 26.9. The van der Waals surface area contributed by atoms with Crippen molar-refractivity contribution >= 4 is 28.8 Å². The molecule has 0 aliphatic carbocycles. The molecule has 0 saturated carbocycles. The van der Waals surface area contributed by atoms with Crippen LogP contribution in [0.25, 0.3) is 0 Å². The zero-order valence-electron chi connectivity index (χ0n) is 14.7. The Balaban J connectivity index is 1.70. The summed E-state index contributed by atoms with van der Waals surface area (Å²) in [5.74, 6) is 0.964. The van der Waals surface area contributed by atoms with Gasteiger partial charge in [0, 0.05) is 42.7 Å². The lowest BCUT2D eigenvalue weighted by Gasteiger charge is -2.35. The molecule has 0 saturated heterocycles. The number of rotatable bonds is 1. The summed E-state index contributed by atoms with van der Waals surface area (Å²) in [7, 11) is 0. The average Bonchev–Trinajstić information content (AvgIpc) is 3.09. The molecule has 1 amide bonds. The maximum atomic E-state index is 14.9. The number of fused-ring (bicyclic) bond motifs is 1. The van der Waals surface area contributed by atoms with Crippen molar-refractivity contribution in [1.29, 1.82) is 0 Å². The van der Waals surface area contributed by atoms with Crippen molar-refractivity contribution in [2.24, 2.45) is 10.4 Å². The summed E-state index contributed by atoms with van der Waals surface area (Å²) in [4.78, 5) is 19.3. The van der Waals surface area contributed by atoms with E-state index in [2.05, 4.69) is 27.8 Å². The van der Waals surface area contributed by atoms with Crippen LogP contribution in [0.2, 0.25) is 0 Å². The van der Waals surface area contributed by atoms with Crippen LogP contribution in [0.3, 0.4) is 0 Å². The summed E-state index contributed by atoms with van der Waals surface area (Å²) >= 11 is 1.30. The van der Waals surface area contributed by atoms with E-state index in [0.29, 0.717) is 34.9 Å². The smallest absolute Gasteiger partial charge is 0.265 e. The lowest BCUT2D eigenvalue weighted by molar-refractivity contribution is -0.121. The van der Waals surface area contributed by atoms with Crippen LogP contribution in [-0.4, -0.2) is 28.0 Å². The molecule has 0 fully saturated rings. The number of aromatic nitrogens is 2. The first-order valence-corrected chi connectivity index (χ1v) is 9.59. The topological polar surface area (TPSA) is 59.7 Å². The first-order chi connectivity index (χ1) is 12.4. The molecule has 0 unspecified atom stereocenters.